The SMILES string of the molecule is CC(C)=CCN1CCC(NCC2(CO)CCCCC2)CC1. The zero-order valence-corrected chi connectivity index (χ0v) is 14.0. The lowest BCUT2D eigenvalue weighted by Gasteiger charge is -2.39. The Morgan fingerprint density at radius 3 is 2.43 bits per heavy atom. The summed E-state index contributed by atoms with van der Waals surface area (Å²) < 4.78 is 0. The topological polar surface area (TPSA) is 35.5 Å². The Balaban J connectivity index is 1.69. The zero-order chi connectivity index (χ0) is 15.1. The van der Waals surface area contributed by atoms with Crippen molar-refractivity contribution in [3.63, 3.8) is 0 Å². The third-order valence-electron chi connectivity index (χ3n) is 5.36. The molecule has 1 saturated heterocycles. The van der Waals surface area contributed by atoms with E-state index < -0.39 is 0 Å². The molecule has 0 bridgehead atoms. The fourth-order valence-electron chi connectivity index (χ4n) is 3.68. The second-order valence-electron chi connectivity index (χ2n) is 7.46. The molecular formula is C18H34N2O. The number of aliphatic hydroxyl groups is 1. The second kappa shape index (κ2) is 8.30. The largest absolute Gasteiger partial charge is 0.396 e. The molecule has 1 aliphatic heterocycles. The van der Waals surface area contributed by atoms with Gasteiger partial charge in [-0.1, -0.05) is 30.9 Å². The van der Waals surface area contributed by atoms with E-state index in [-0.39, 0.29) is 5.41 Å². The average molecular weight is 294 g/mol. The van der Waals surface area contributed by atoms with Crippen molar-refractivity contribution in [1.82, 2.24) is 10.2 Å². The molecule has 0 radical (unpaired) electrons. The summed E-state index contributed by atoms with van der Waals surface area (Å²) in [6, 6.07) is 0.651. The molecular weight excluding hydrogens is 260 g/mol. The van der Waals surface area contributed by atoms with E-state index in [2.05, 4.69) is 30.1 Å². The van der Waals surface area contributed by atoms with Gasteiger partial charge in [0.25, 0.3) is 0 Å². The van der Waals surface area contributed by atoms with Gasteiger partial charge in [0.2, 0.25) is 0 Å². The van der Waals surface area contributed by atoms with Crippen LogP contribution in [0.15, 0.2) is 11.6 Å². The van der Waals surface area contributed by atoms with Gasteiger partial charge in [-0.25, -0.2) is 0 Å². The monoisotopic (exact) mass is 294 g/mol. The van der Waals surface area contributed by atoms with E-state index in [4.69, 9.17) is 0 Å². The summed E-state index contributed by atoms with van der Waals surface area (Å²) in [5.41, 5.74) is 1.59. The number of aliphatic hydroxyl groups excluding tert-OH is 1. The van der Waals surface area contributed by atoms with Crippen LogP contribution in [0, 0.1) is 5.41 Å². The molecule has 0 aromatic heterocycles. The van der Waals surface area contributed by atoms with Crippen LogP contribution in [0.4, 0.5) is 0 Å². The highest BCUT2D eigenvalue weighted by atomic mass is 16.3. The van der Waals surface area contributed by atoms with Crippen LogP contribution in [0.5, 0.6) is 0 Å². The average Bonchev–Trinajstić information content (AvgIpc) is 2.53. The van der Waals surface area contributed by atoms with Gasteiger partial charge >= 0.3 is 0 Å². The molecule has 1 aliphatic carbocycles. The second-order valence-corrected chi connectivity index (χ2v) is 7.46. The Bertz CT molecular complexity index is 322. The molecule has 2 aliphatic rings. The molecule has 21 heavy (non-hydrogen) atoms. The Morgan fingerprint density at radius 2 is 1.86 bits per heavy atom. The van der Waals surface area contributed by atoms with Crippen molar-refractivity contribution < 1.29 is 5.11 Å². The standard InChI is InChI=1S/C18H34N2O/c1-16(2)6-11-20-12-7-17(8-13-20)19-14-18(15-21)9-4-3-5-10-18/h6,17,19,21H,3-5,7-15H2,1-2H3. The van der Waals surface area contributed by atoms with Gasteiger partial charge in [-0.2, -0.15) is 0 Å². The van der Waals surface area contributed by atoms with Crippen molar-refractivity contribution in [3.05, 3.63) is 11.6 Å². The maximum absolute atomic E-state index is 9.78. The van der Waals surface area contributed by atoms with Crippen LogP contribution < -0.4 is 5.32 Å². The van der Waals surface area contributed by atoms with E-state index in [1.165, 1.54) is 63.6 Å². The van der Waals surface area contributed by atoms with Crippen molar-refractivity contribution in [2.75, 3.05) is 32.8 Å². The lowest BCUT2D eigenvalue weighted by molar-refractivity contribution is 0.0744. The Hall–Kier alpha value is -0.380. The molecule has 3 heteroatoms. The summed E-state index contributed by atoms with van der Waals surface area (Å²) in [7, 11) is 0. The molecule has 1 saturated carbocycles. The van der Waals surface area contributed by atoms with E-state index in [1.807, 2.05) is 0 Å². The van der Waals surface area contributed by atoms with Crippen LogP contribution in [0.25, 0.3) is 0 Å². The Labute approximate surface area is 130 Å². The van der Waals surface area contributed by atoms with Gasteiger partial charge in [0.1, 0.15) is 0 Å². The molecule has 1 heterocycles. The first kappa shape index (κ1) is 17.0. The van der Waals surface area contributed by atoms with E-state index in [9.17, 15) is 5.11 Å². The third-order valence-corrected chi connectivity index (χ3v) is 5.36. The molecule has 122 valence electrons. The van der Waals surface area contributed by atoms with Gasteiger partial charge in [-0.05, 0) is 52.6 Å². The summed E-state index contributed by atoms with van der Waals surface area (Å²) in [6.45, 7) is 9.23. The van der Waals surface area contributed by atoms with Crippen LogP contribution in [0.3, 0.4) is 0 Å². The minimum absolute atomic E-state index is 0.178. The molecule has 2 N–H and O–H groups in total. The number of nitrogens with zero attached hydrogens (tertiary/aromatic N) is 1. The lowest BCUT2D eigenvalue weighted by atomic mass is 9.74. The first-order valence-corrected chi connectivity index (χ1v) is 8.83. The number of nitrogens with one attached hydrogen (secondary N) is 1. The Morgan fingerprint density at radius 1 is 1.19 bits per heavy atom. The summed E-state index contributed by atoms with van der Waals surface area (Å²) in [5, 5.41) is 13.5. The van der Waals surface area contributed by atoms with Crippen LogP contribution in [-0.2, 0) is 0 Å². The van der Waals surface area contributed by atoms with E-state index in [0.29, 0.717) is 12.6 Å². The number of hydrogen-bond donors (Lipinski definition) is 2. The normalized spacial score (nSPS) is 24.0. The van der Waals surface area contributed by atoms with Gasteiger partial charge in [0.15, 0.2) is 0 Å². The summed E-state index contributed by atoms with van der Waals surface area (Å²) >= 11 is 0. The highest BCUT2D eigenvalue weighted by Gasteiger charge is 2.32. The van der Waals surface area contributed by atoms with Gasteiger partial charge in [0, 0.05) is 31.2 Å². The van der Waals surface area contributed by atoms with E-state index in [1.54, 1.807) is 0 Å². The van der Waals surface area contributed by atoms with Crippen molar-refractivity contribution in [3.8, 4) is 0 Å². The first-order chi connectivity index (χ1) is 10.1. The molecule has 2 fully saturated rings. The summed E-state index contributed by atoms with van der Waals surface area (Å²) in [6.07, 6.45) is 11.2. The minimum atomic E-state index is 0.178. The van der Waals surface area contributed by atoms with Crippen molar-refractivity contribution in [2.24, 2.45) is 5.41 Å². The predicted octanol–water partition coefficient (Wildman–Crippen LogP) is 2.95. The molecule has 0 unspecified atom stereocenters. The maximum atomic E-state index is 9.78. The van der Waals surface area contributed by atoms with Crippen LogP contribution in [-0.4, -0.2) is 48.8 Å². The summed E-state index contributed by atoms with van der Waals surface area (Å²) in [5.74, 6) is 0. The zero-order valence-electron chi connectivity index (χ0n) is 14.0. The van der Waals surface area contributed by atoms with Crippen molar-refractivity contribution in [1.29, 1.82) is 0 Å². The maximum Gasteiger partial charge on any atom is 0.0499 e. The minimum Gasteiger partial charge on any atom is -0.396 e. The predicted molar refractivity (Wildman–Crippen MR) is 89.5 cm³/mol. The Kier molecular flexibility index (Phi) is 6.72. The van der Waals surface area contributed by atoms with E-state index in [0.717, 1.165) is 13.1 Å². The van der Waals surface area contributed by atoms with Gasteiger partial charge in [0.05, 0.1) is 0 Å². The van der Waals surface area contributed by atoms with Crippen LogP contribution in [0.1, 0.15) is 58.8 Å². The highest BCUT2D eigenvalue weighted by molar-refractivity contribution is 4.96. The fraction of sp³-hybridized carbons (Fsp3) is 0.889. The summed E-state index contributed by atoms with van der Waals surface area (Å²) in [4.78, 5) is 2.55. The van der Waals surface area contributed by atoms with Crippen LogP contribution >= 0.6 is 0 Å². The molecule has 0 amide bonds. The first-order valence-electron chi connectivity index (χ1n) is 8.83. The van der Waals surface area contributed by atoms with E-state index >= 15 is 0 Å². The number of likely N-dealkylation sites (tertiary alicyclic amines) is 1. The number of allylic oxidation sites excluding steroid dienone is 1. The highest BCUT2D eigenvalue weighted by Crippen LogP contribution is 2.35. The quantitative estimate of drug-likeness (QED) is 0.739. The van der Waals surface area contributed by atoms with Gasteiger partial charge in [-0.3, -0.25) is 4.90 Å². The van der Waals surface area contributed by atoms with Crippen molar-refractivity contribution >= 4 is 0 Å². The van der Waals surface area contributed by atoms with Crippen molar-refractivity contribution in [2.45, 2.75) is 64.8 Å². The molecule has 3 nitrogen and oxygen atoms in total. The fourth-order valence-corrected chi connectivity index (χ4v) is 3.68. The number of hydrogen-bond acceptors (Lipinski definition) is 3. The lowest BCUT2D eigenvalue weighted by Crippen LogP contribution is -2.47. The molecule has 0 aromatic rings. The number of piperidine rings is 1. The van der Waals surface area contributed by atoms with Crippen LogP contribution in [0.2, 0.25) is 0 Å². The molecule has 0 spiro atoms. The van der Waals surface area contributed by atoms with Gasteiger partial charge in [-0.15, -0.1) is 0 Å². The van der Waals surface area contributed by atoms with Gasteiger partial charge < -0.3 is 10.4 Å². The smallest absolute Gasteiger partial charge is 0.0499 e. The molecule has 0 atom stereocenters. The third kappa shape index (κ3) is 5.39. The number of rotatable bonds is 6. The molecule has 2 rings (SSSR count). The molecule has 0 aromatic carbocycles.